The molecule has 3 heterocycles. The van der Waals surface area contributed by atoms with Crippen LogP contribution in [0.2, 0.25) is 0 Å². The Morgan fingerprint density at radius 2 is 1.48 bits per heavy atom. The van der Waals surface area contributed by atoms with E-state index in [1.165, 1.54) is 0 Å². The van der Waals surface area contributed by atoms with Crippen molar-refractivity contribution in [2.24, 2.45) is 0 Å². The van der Waals surface area contributed by atoms with Crippen LogP contribution in [0.25, 0.3) is 0 Å². The third-order valence-corrected chi connectivity index (χ3v) is 6.67. The highest BCUT2D eigenvalue weighted by molar-refractivity contribution is 7.99. The number of benzene rings is 1. The fraction of sp³-hybridized carbons (Fsp3) is 0.391. The maximum atomic E-state index is 12.8. The molecule has 1 aromatic carbocycles. The van der Waals surface area contributed by atoms with Crippen LogP contribution in [-0.4, -0.2) is 71.0 Å². The molecule has 0 unspecified atom stereocenters. The smallest absolute Gasteiger partial charge is 0.228 e. The molecule has 0 aliphatic carbocycles. The van der Waals surface area contributed by atoms with Gasteiger partial charge in [-0.3, -0.25) is 19.4 Å². The topological polar surface area (TPSA) is 73.8 Å². The number of amides is 3. The van der Waals surface area contributed by atoms with Crippen molar-refractivity contribution in [3.05, 3.63) is 54.4 Å². The van der Waals surface area contributed by atoms with Gasteiger partial charge in [0.1, 0.15) is 0 Å². The van der Waals surface area contributed by atoms with E-state index in [1.54, 1.807) is 32.7 Å². The van der Waals surface area contributed by atoms with Gasteiger partial charge in [0.25, 0.3) is 0 Å². The predicted molar refractivity (Wildman–Crippen MR) is 120 cm³/mol. The molecule has 0 saturated carbocycles. The summed E-state index contributed by atoms with van der Waals surface area (Å²) in [5.41, 5.74) is 1.69. The van der Waals surface area contributed by atoms with Gasteiger partial charge < -0.3 is 14.7 Å². The second-order valence-corrected chi connectivity index (χ2v) is 8.76. The van der Waals surface area contributed by atoms with Crippen molar-refractivity contribution >= 4 is 35.2 Å². The van der Waals surface area contributed by atoms with Gasteiger partial charge >= 0.3 is 0 Å². The largest absolute Gasteiger partial charge is 0.339 e. The molecule has 0 bridgehead atoms. The zero-order valence-corrected chi connectivity index (χ0v) is 18.2. The van der Waals surface area contributed by atoms with Gasteiger partial charge in [-0.1, -0.05) is 18.2 Å². The molecule has 2 aliphatic rings. The zero-order chi connectivity index (χ0) is 21.6. The van der Waals surface area contributed by atoms with Crippen LogP contribution in [0.1, 0.15) is 18.5 Å². The number of hydrogen-bond acceptors (Lipinski definition) is 5. The van der Waals surface area contributed by atoms with Gasteiger partial charge in [0.15, 0.2) is 0 Å². The van der Waals surface area contributed by atoms with Crippen molar-refractivity contribution in [2.75, 3.05) is 43.4 Å². The quantitative estimate of drug-likeness (QED) is 0.716. The van der Waals surface area contributed by atoms with Crippen LogP contribution >= 0.6 is 11.8 Å². The van der Waals surface area contributed by atoms with Gasteiger partial charge in [-0.2, -0.15) is 0 Å². The Balaban J connectivity index is 1.23. The van der Waals surface area contributed by atoms with Crippen LogP contribution in [0.5, 0.6) is 0 Å². The summed E-state index contributed by atoms with van der Waals surface area (Å²) in [6.07, 6.45) is 2.36. The summed E-state index contributed by atoms with van der Waals surface area (Å²) in [7, 11) is 0. The van der Waals surface area contributed by atoms with Crippen molar-refractivity contribution in [3.63, 3.8) is 0 Å². The number of carbonyl (C=O) groups excluding carboxylic acids is 3. The molecule has 3 amide bonds. The lowest BCUT2D eigenvalue weighted by molar-refractivity contribution is -0.139. The lowest BCUT2D eigenvalue weighted by Gasteiger charge is -2.35. The molecule has 0 radical (unpaired) electrons. The number of thioether (sulfide) groups is 1. The van der Waals surface area contributed by atoms with E-state index < -0.39 is 0 Å². The van der Waals surface area contributed by atoms with Gasteiger partial charge in [0.05, 0.1) is 12.1 Å². The van der Waals surface area contributed by atoms with Crippen molar-refractivity contribution in [1.82, 2.24) is 14.8 Å². The molecule has 2 aliphatic heterocycles. The highest BCUT2D eigenvalue weighted by Gasteiger charge is 2.26. The third kappa shape index (κ3) is 5.25. The number of nitrogens with zero attached hydrogens (tertiary/aromatic N) is 4. The van der Waals surface area contributed by atoms with E-state index in [1.807, 2.05) is 42.5 Å². The van der Waals surface area contributed by atoms with E-state index in [9.17, 15) is 14.4 Å². The molecule has 162 valence electrons. The fourth-order valence-electron chi connectivity index (χ4n) is 3.91. The SMILES string of the molecule is O=C(CCC(=O)N1CCSc2ccccc21)N1CCN(C(=O)Cc2ccccn2)CC1. The molecular formula is C23H26N4O3S. The van der Waals surface area contributed by atoms with Gasteiger partial charge in [-0.25, -0.2) is 0 Å². The van der Waals surface area contributed by atoms with Crippen LogP contribution in [0, 0.1) is 0 Å². The second kappa shape index (κ2) is 9.96. The highest BCUT2D eigenvalue weighted by atomic mass is 32.2. The summed E-state index contributed by atoms with van der Waals surface area (Å²) >= 11 is 1.75. The first-order chi connectivity index (χ1) is 15.1. The summed E-state index contributed by atoms with van der Waals surface area (Å²) in [5, 5.41) is 0. The molecule has 0 atom stereocenters. The normalized spacial score (nSPS) is 16.1. The number of anilines is 1. The number of carbonyl (C=O) groups is 3. The Morgan fingerprint density at radius 3 is 2.23 bits per heavy atom. The van der Waals surface area contributed by atoms with Crippen LogP contribution in [0.3, 0.4) is 0 Å². The lowest BCUT2D eigenvalue weighted by atomic mass is 10.2. The van der Waals surface area contributed by atoms with Crippen LogP contribution < -0.4 is 4.90 Å². The molecule has 0 spiro atoms. The number of piperazine rings is 1. The monoisotopic (exact) mass is 438 g/mol. The Labute approximate surface area is 186 Å². The summed E-state index contributed by atoms with van der Waals surface area (Å²) in [6.45, 7) is 2.71. The molecule has 4 rings (SSSR count). The first-order valence-corrected chi connectivity index (χ1v) is 11.6. The average Bonchev–Trinajstić information content (AvgIpc) is 2.82. The van der Waals surface area contributed by atoms with Gasteiger partial charge in [0.2, 0.25) is 17.7 Å². The maximum Gasteiger partial charge on any atom is 0.228 e. The van der Waals surface area contributed by atoms with E-state index >= 15 is 0 Å². The fourth-order valence-corrected chi connectivity index (χ4v) is 4.90. The first-order valence-electron chi connectivity index (χ1n) is 10.6. The van der Waals surface area contributed by atoms with Gasteiger partial charge in [-0.05, 0) is 24.3 Å². The van der Waals surface area contributed by atoms with Crippen LogP contribution in [0.4, 0.5) is 5.69 Å². The van der Waals surface area contributed by atoms with E-state index in [2.05, 4.69) is 4.98 Å². The first kappa shape index (κ1) is 21.4. The standard InChI is InChI=1S/C23H26N4O3S/c28-21(8-9-22(29)27-15-16-31-20-7-2-1-6-19(20)27)25-11-13-26(14-12-25)23(30)17-18-5-3-4-10-24-18/h1-7,10H,8-9,11-17H2. The minimum Gasteiger partial charge on any atom is -0.339 e. The summed E-state index contributed by atoms with van der Waals surface area (Å²) in [6, 6.07) is 13.4. The summed E-state index contributed by atoms with van der Waals surface area (Å²) in [4.78, 5) is 48.5. The number of aromatic nitrogens is 1. The Kier molecular flexibility index (Phi) is 6.86. The molecule has 1 aromatic heterocycles. The third-order valence-electron chi connectivity index (χ3n) is 5.63. The van der Waals surface area contributed by atoms with E-state index in [0.29, 0.717) is 32.7 Å². The van der Waals surface area contributed by atoms with E-state index in [4.69, 9.17) is 0 Å². The van der Waals surface area contributed by atoms with Gasteiger partial charge in [-0.15, -0.1) is 11.8 Å². The Hall–Kier alpha value is -2.87. The molecule has 1 fully saturated rings. The summed E-state index contributed by atoms with van der Waals surface area (Å²) in [5.74, 6) is 0.864. The van der Waals surface area contributed by atoms with E-state index in [0.717, 1.165) is 22.0 Å². The van der Waals surface area contributed by atoms with Crippen LogP contribution in [-0.2, 0) is 20.8 Å². The van der Waals surface area contributed by atoms with Crippen LogP contribution in [0.15, 0.2) is 53.6 Å². The van der Waals surface area contributed by atoms with Gasteiger partial charge in [0, 0.05) is 68.1 Å². The zero-order valence-electron chi connectivity index (χ0n) is 17.4. The molecule has 31 heavy (non-hydrogen) atoms. The molecular weight excluding hydrogens is 412 g/mol. The van der Waals surface area contributed by atoms with Crippen molar-refractivity contribution in [2.45, 2.75) is 24.2 Å². The molecule has 1 saturated heterocycles. The van der Waals surface area contributed by atoms with Crippen molar-refractivity contribution in [3.8, 4) is 0 Å². The maximum absolute atomic E-state index is 12.8. The number of hydrogen-bond donors (Lipinski definition) is 0. The number of fused-ring (bicyclic) bond motifs is 1. The molecule has 2 aromatic rings. The number of para-hydroxylation sites is 1. The number of pyridine rings is 1. The van der Waals surface area contributed by atoms with Crippen molar-refractivity contribution in [1.29, 1.82) is 0 Å². The average molecular weight is 439 g/mol. The summed E-state index contributed by atoms with van der Waals surface area (Å²) < 4.78 is 0. The minimum atomic E-state index is -0.0233. The highest BCUT2D eigenvalue weighted by Crippen LogP contribution is 2.34. The molecule has 7 nitrogen and oxygen atoms in total. The second-order valence-electron chi connectivity index (χ2n) is 7.62. The minimum absolute atomic E-state index is 0.00900. The Morgan fingerprint density at radius 1 is 0.806 bits per heavy atom. The lowest BCUT2D eigenvalue weighted by Crippen LogP contribution is -2.51. The van der Waals surface area contributed by atoms with E-state index in [-0.39, 0.29) is 37.0 Å². The molecule has 8 heteroatoms. The predicted octanol–water partition coefficient (Wildman–Crippen LogP) is 2.21. The van der Waals surface area contributed by atoms with Crippen molar-refractivity contribution < 1.29 is 14.4 Å². The number of rotatable bonds is 5. The Bertz CT molecular complexity index is 945. The molecule has 0 N–H and O–H groups in total.